The Balaban J connectivity index is 1.51. The van der Waals surface area contributed by atoms with Crippen LogP contribution in [0.4, 0.5) is 8.78 Å². The van der Waals surface area contributed by atoms with Crippen molar-refractivity contribution in [2.45, 2.75) is 25.2 Å². The first kappa shape index (κ1) is 21.4. The normalized spacial score (nSPS) is 17.6. The average molecular weight is 403 g/mol. The van der Waals surface area contributed by atoms with E-state index in [0.29, 0.717) is 32.7 Å². The lowest BCUT2D eigenvalue weighted by atomic mass is 9.89. The van der Waals surface area contributed by atoms with Crippen LogP contribution in [0.2, 0.25) is 0 Å². The average Bonchev–Trinajstić information content (AvgIpc) is 2.73. The van der Waals surface area contributed by atoms with Gasteiger partial charge in [-0.05, 0) is 61.2 Å². The first-order chi connectivity index (χ1) is 14.0. The first-order valence-corrected chi connectivity index (χ1v) is 10.1. The molecule has 156 valence electrons. The Morgan fingerprint density at radius 3 is 2.17 bits per heavy atom. The quantitative estimate of drug-likeness (QED) is 0.635. The van der Waals surface area contributed by atoms with Crippen LogP contribution in [-0.2, 0) is 9.53 Å². The minimum Gasteiger partial charge on any atom is -0.481 e. The van der Waals surface area contributed by atoms with Gasteiger partial charge in [-0.2, -0.15) is 0 Å². The summed E-state index contributed by atoms with van der Waals surface area (Å²) in [5, 5.41) is 9.17. The number of piperidine rings is 1. The van der Waals surface area contributed by atoms with Gasteiger partial charge in [-0.25, -0.2) is 8.78 Å². The van der Waals surface area contributed by atoms with Gasteiger partial charge in [-0.1, -0.05) is 24.3 Å². The summed E-state index contributed by atoms with van der Waals surface area (Å²) in [6, 6.07) is 12.7. The standard InChI is InChI=1S/C23H27F2NO3/c24-20-7-3-17(4-8-20)22(18-5-9-21(25)10-6-18)11-14-29-15-13-26-12-1-2-19(16-26)23(27)28/h3-10,19,22H,1-2,11-16H2,(H,27,28)/t19-/m1/s1. The smallest absolute Gasteiger partial charge is 0.307 e. The van der Waals surface area contributed by atoms with E-state index in [1.54, 1.807) is 24.3 Å². The highest BCUT2D eigenvalue weighted by molar-refractivity contribution is 5.70. The third-order valence-electron chi connectivity index (χ3n) is 5.50. The van der Waals surface area contributed by atoms with Crippen molar-refractivity contribution in [3.63, 3.8) is 0 Å². The molecule has 2 aromatic rings. The van der Waals surface area contributed by atoms with E-state index in [9.17, 15) is 18.7 Å². The van der Waals surface area contributed by atoms with Crippen molar-refractivity contribution in [2.75, 3.05) is 32.8 Å². The molecule has 1 N–H and O–H groups in total. The van der Waals surface area contributed by atoms with Gasteiger partial charge in [-0.15, -0.1) is 0 Å². The zero-order chi connectivity index (χ0) is 20.6. The number of aliphatic carboxylic acids is 1. The number of nitrogens with zero attached hydrogens (tertiary/aromatic N) is 1. The monoisotopic (exact) mass is 403 g/mol. The summed E-state index contributed by atoms with van der Waals surface area (Å²) in [5.41, 5.74) is 1.92. The SMILES string of the molecule is O=C(O)[C@@H]1CCCN(CCOCCC(c2ccc(F)cc2)c2ccc(F)cc2)C1. The molecule has 1 aliphatic rings. The van der Waals surface area contributed by atoms with Crippen LogP contribution in [0, 0.1) is 17.6 Å². The highest BCUT2D eigenvalue weighted by Crippen LogP contribution is 2.28. The Hall–Kier alpha value is -2.31. The molecule has 1 aliphatic heterocycles. The molecule has 0 spiro atoms. The van der Waals surface area contributed by atoms with Crippen molar-refractivity contribution in [3.05, 3.63) is 71.3 Å². The van der Waals surface area contributed by atoms with Crippen LogP contribution in [-0.4, -0.2) is 48.8 Å². The Morgan fingerprint density at radius 2 is 1.62 bits per heavy atom. The van der Waals surface area contributed by atoms with Gasteiger partial charge in [0.25, 0.3) is 0 Å². The van der Waals surface area contributed by atoms with Gasteiger partial charge in [0.1, 0.15) is 11.6 Å². The second-order valence-electron chi connectivity index (χ2n) is 7.53. The molecule has 0 bridgehead atoms. The topological polar surface area (TPSA) is 49.8 Å². The lowest BCUT2D eigenvalue weighted by molar-refractivity contribution is -0.143. The molecule has 0 unspecified atom stereocenters. The van der Waals surface area contributed by atoms with E-state index in [-0.39, 0.29) is 23.5 Å². The summed E-state index contributed by atoms with van der Waals surface area (Å²) in [6.07, 6.45) is 2.33. The Labute approximate surface area is 170 Å². The number of hydrogen-bond acceptors (Lipinski definition) is 3. The van der Waals surface area contributed by atoms with Crippen LogP contribution in [0.5, 0.6) is 0 Å². The molecule has 0 amide bonds. The second-order valence-corrected chi connectivity index (χ2v) is 7.53. The summed E-state index contributed by atoms with van der Waals surface area (Å²) < 4.78 is 32.4. The molecule has 1 atom stereocenters. The van der Waals surface area contributed by atoms with Gasteiger partial charge < -0.3 is 14.7 Å². The molecular formula is C23H27F2NO3. The van der Waals surface area contributed by atoms with Crippen molar-refractivity contribution in [2.24, 2.45) is 5.92 Å². The molecular weight excluding hydrogens is 376 g/mol. The number of benzene rings is 2. The van der Waals surface area contributed by atoms with Gasteiger partial charge >= 0.3 is 5.97 Å². The predicted octanol–water partition coefficient (Wildman–Crippen LogP) is 4.30. The number of rotatable bonds is 9. The lowest BCUT2D eigenvalue weighted by Gasteiger charge is -2.30. The van der Waals surface area contributed by atoms with Gasteiger partial charge in [0.2, 0.25) is 0 Å². The predicted molar refractivity (Wildman–Crippen MR) is 107 cm³/mol. The van der Waals surface area contributed by atoms with Crippen LogP contribution < -0.4 is 0 Å². The van der Waals surface area contributed by atoms with Crippen LogP contribution in [0.15, 0.2) is 48.5 Å². The molecule has 6 heteroatoms. The third-order valence-corrected chi connectivity index (χ3v) is 5.50. The maximum absolute atomic E-state index is 13.3. The third kappa shape index (κ3) is 6.34. The highest BCUT2D eigenvalue weighted by Gasteiger charge is 2.25. The fourth-order valence-corrected chi connectivity index (χ4v) is 3.87. The van der Waals surface area contributed by atoms with Crippen molar-refractivity contribution in [1.82, 2.24) is 4.90 Å². The van der Waals surface area contributed by atoms with Gasteiger partial charge in [0, 0.05) is 25.6 Å². The molecule has 0 aliphatic carbocycles. The number of likely N-dealkylation sites (tertiary alicyclic amines) is 1. The Bertz CT molecular complexity index is 734. The van der Waals surface area contributed by atoms with Crippen molar-refractivity contribution < 1.29 is 23.4 Å². The summed E-state index contributed by atoms with van der Waals surface area (Å²) in [6.45, 7) is 3.23. The minimum atomic E-state index is -0.725. The molecule has 3 rings (SSSR count). The van der Waals surface area contributed by atoms with E-state index >= 15 is 0 Å². The molecule has 0 aromatic heterocycles. The van der Waals surface area contributed by atoms with E-state index in [1.807, 2.05) is 0 Å². The van der Waals surface area contributed by atoms with Gasteiger partial charge in [-0.3, -0.25) is 4.79 Å². The van der Waals surface area contributed by atoms with Crippen LogP contribution in [0.25, 0.3) is 0 Å². The number of carbonyl (C=O) groups is 1. The van der Waals surface area contributed by atoms with Crippen molar-refractivity contribution >= 4 is 5.97 Å². The number of hydrogen-bond donors (Lipinski definition) is 1. The highest BCUT2D eigenvalue weighted by atomic mass is 19.1. The number of halogens is 2. The maximum atomic E-state index is 13.3. The van der Waals surface area contributed by atoms with Crippen LogP contribution in [0.3, 0.4) is 0 Å². The summed E-state index contributed by atoms with van der Waals surface area (Å²) in [5.74, 6) is -1.60. The fourth-order valence-electron chi connectivity index (χ4n) is 3.87. The zero-order valence-electron chi connectivity index (χ0n) is 16.4. The van der Waals surface area contributed by atoms with E-state index < -0.39 is 5.97 Å². The van der Waals surface area contributed by atoms with E-state index in [1.165, 1.54) is 24.3 Å². The van der Waals surface area contributed by atoms with E-state index in [4.69, 9.17) is 4.74 Å². The first-order valence-electron chi connectivity index (χ1n) is 10.1. The largest absolute Gasteiger partial charge is 0.481 e. The molecule has 1 heterocycles. The molecule has 2 aromatic carbocycles. The fraction of sp³-hybridized carbons (Fsp3) is 0.435. The number of carboxylic acid groups (broad SMARTS) is 1. The Kier molecular flexibility index (Phi) is 7.72. The summed E-state index contributed by atoms with van der Waals surface area (Å²) >= 11 is 0. The second kappa shape index (κ2) is 10.5. The zero-order valence-corrected chi connectivity index (χ0v) is 16.4. The minimum absolute atomic E-state index is 0.0115. The Morgan fingerprint density at radius 1 is 1.03 bits per heavy atom. The van der Waals surface area contributed by atoms with Crippen LogP contribution >= 0.6 is 0 Å². The maximum Gasteiger partial charge on any atom is 0.307 e. The lowest BCUT2D eigenvalue weighted by Crippen LogP contribution is -2.40. The van der Waals surface area contributed by atoms with Gasteiger partial charge in [0.15, 0.2) is 0 Å². The number of carboxylic acids is 1. The summed E-state index contributed by atoms with van der Waals surface area (Å²) in [4.78, 5) is 13.3. The summed E-state index contributed by atoms with van der Waals surface area (Å²) in [7, 11) is 0. The van der Waals surface area contributed by atoms with Crippen LogP contribution in [0.1, 0.15) is 36.3 Å². The van der Waals surface area contributed by atoms with E-state index in [0.717, 1.165) is 30.5 Å². The molecule has 1 fully saturated rings. The van der Waals surface area contributed by atoms with Gasteiger partial charge in [0.05, 0.1) is 12.5 Å². The molecule has 1 saturated heterocycles. The molecule has 0 radical (unpaired) electrons. The molecule has 0 saturated carbocycles. The molecule has 4 nitrogen and oxygen atoms in total. The van der Waals surface area contributed by atoms with Crippen molar-refractivity contribution in [1.29, 1.82) is 0 Å². The molecule has 29 heavy (non-hydrogen) atoms. The van der Waals surface area contributed by atoms with Crippen molar-refractivity contribution in [3.8, 4) is 0 Å². The van der Waals surface area contributed by atoms with E-state index in [2.05, 4.69) is 4.90 Å². The number of ether oxygens (including phenoxy) is 1.